The van der Waals surface area contributed by atoms with E-state index in [0.29, 0.717) is 17.1 Å². The Bertz CT molecular complexity index is 378. The van der Waals surface area contributed by atoms with Gasteiger partial charge in [0.15, 0.2) is 0 Å². The summed E-state index contributed by atoms with van der Waals surface area (Å²) in [5.41, 5.74) is 0.218. The van der Waals surface area contributed by atoms with Crippen molar-refractivity contribution in [3.63, 3.8) is 0 Å². The van der Waals surface area contributed by atoms with Gasteiger partial charge in [0.25, 0.3) is 0 Å². The second kappa shape index (κ2) is 4.02. The fourth-order valence-corrected chi connectivity index (χ4v) is 1.86. The second-order valence-corrected chi connectivity index (χ2v) is 6.17. The number of hydrogen-bond acceptors (Lipinski definition) is 2. The van der Waals surface area contributed by atoms with Gasteiger partial charge in [-0.1, -0.05) is 27.7 Å². The zero-order valence-electron chi connectivity index (χ0n) is 10.5. The first kappa shape index (κ1) is 11.9. The standard InChI is InChI=1S/C12H20ClN3/c1-8(2)12(3,4)7-16-10(9-5-6-9)14-15-11(16)13/h8-9H,5-7H2,1-4H3. The van der Waals surface area contributed by atoms with Crippen molar-refractivity contribution in [3.05, 3.63) is 11.1 Å². The molecular weight excluding hydrogens is 222 g/mol. The zero-order chi connectivity index (χ0) is 11.9. The lowest BCUT2D eigenvalue weighted by atomic mass is 9.81. The summed E-state index contributed by atoms with van der Waals surface area (Å²) >= 11 is 6.12. The predicted octanol–water partition coefficient (Wildman–Crippen LogP) is 3.49. The fourth-order valence-electron chi connectivity index (χ4n) is 1.67. The highest BCUT2D eigenvalue weighted by Gasteiger charge is 2.32. The van der Waals surface area contributed by atoms with Gasteiger partial charge in [-0.15, -0.1) is 10.2 Å². The maximum Gasteiger partial charge on any atom is 0.225 e. The summed E-state index contributed by atoms with van der Waals surface area (Å²) in [4.78, 5) is 0. The van der Waals surface area contributed by atoms with Crippen LogP contribution < -0.4 is 0 Å². The first-order valence-electron chi connectivity index (χ1n) is 6.00. The van der Waals surface area contributed by atoms with Crippen molar-refractivity contribution in [2.75, 3.05) is 0 Å². The molecular formula is C12H20ClN3. The summed E-state index contributed by atoms with van der Waals surface area (Å²) in [6.45, 7) is 9.93. The normalized spacial score (nSPS) is 17.1. The SMILES string of the molecule is CC(C)C(C)(C)Cn1c(Cl)nnc1C1CC1. The Morgan fingerprint density at radius 1 is 1.38 bits per heavy atom. The van der Waals surface area contributed by atoms with Crippen molar-refractivity contribution in [3.8, 4) is 0 Å². The number of hydrogen-bond donors (Lipinski definition) is 0. The molecule has 1 fully saturated rings. The molecule has 1 aliphatic carbocycles. The molecule has 0 aromatic carbocycles. The maximum absolute atomic E-state index is 6.12. The van der Waals surface area contributed by atoms with Gasteiger partial charge in [-0.25, -0.2) is 0 Å². The number of nitrogens with zero attached hydrogens (tertiary/aromatic N) is 3. The zero-order valence-corrected chi connectivity index (χ0v) is 11.3. The van der Waals surface area contributed by atoms with Gasteiger partial charge in [0.2, 0.25) is 5.28 Å². The van der Waals surface area contributed by atoms with E-state index in [2.05, 4.69) is 42.5 Å². The van der Waals surface area contributed by atoms with Gasteiger partial charge < -0.3 is 4.57 Å². The lowest BCUT2D eigenvalue weighted by Gasteiger charge is -2.30. The Hall–Kier alpha value is -0.570. The van der Waals surface area contributed by atoms with Gasteiger partial charge in [0.05, 0.1) is 0 Å². The summed E-state index contributed by atoms with van der Waals surface area (Å²) in [5.74, 6) is 2.29. The van der Waals surface area contributed by atoms with Crippen LogP contribution in [0.3, 0.4) is 0 Å². The van der Waals surface area contributed by atoms with Crippen LogP contribution in [0, 0.1) is 11.3 Å². The van der Waals surface area contributed by atoms with Crippen LogP contribution in [0.25, 0.3) is 0 Å². The first-order valence-corrected chi connectivity index (χ1v) is 6.38. The fraction of sp³-hybridized carbons (Fsp3) is 0.833. The van der Waals surface area contributed by atoms with Crippen LogP contribution >= 0.6 is 11.6 Å². The van der Waals surface area contributed by atoms with Crippen molar-refractivity contribution in [2.24, 2.45) is 11.3 Å². The predicted molar refractivity (Wildman–Crippen MR) is 65.6 cm³/mol. The first-order chi connectivity index (χ1) is 7.42. The lowest BCUT2D eigenvalue weighted by Crippen LogP contribution is -2.26. The molecule has 0 radical (unpaired) electrons. The number of rotatable bonds is 4. The van der Waals surface area contributed by atoms with Crippen molar-refractivity contribution >= 4 is 11.6 Å². The Labute approximate surface area is 102 Å². The van der Waals surface area contributed by atoms with Gasteiger partial charge in [-0.2, -0.15) is 0 Å². The molecule has 0 atom stereocenters. The van der Waals surface area contributed by atoms with Crippen LogP contribution in [0.2, 0.25) is 5.28 Å². The highest BCUT2D eigenvalue weighted by Crippen LogP contribution is 2.41. The maximum atomic E-state index is 6.12. The minimum atomic E-state index is 0.218. The van der Waals surface area contributed by atoms with Crippen LogP contribution in [-0.2, 0) is 6.54 Å². The van der Waals surface area contributed by atoms with Crippen LogP contribution in [0.5, 0.6) is 0 Å². The van der Waals surface area contributed by atoms with E-state index in [1.807, 2.05) is 0 Å². The third-order valence-electron chi connectivity index (χ3n) is 3.81. The quantitative estimate of drug-likeness (QED) is 0.808. The average Bonchev–Trinajstić information content (AvgIpc) is 2.95. The van der Waals surface area contributed by atoms with E-state index in [9.17, 15) is 0 Å². The van der Waals surface area contributed by atoms with Gasteiger partial charge in [0.1, 0.15) is 5.82 Å². The van der Waals surface area contributed by atoms with Crippen LogP contribution in [0.1, 0.15) is 52.3 Å². The van der Waals surface area contributed by atoms with Crippen LogP contribution in [-0.4, -0.2) is 14.8 Å². The summed E-state index contributed by atoms with van der Waals surface area (Å²) in [5, 5.41) is 8.74. The molecule has 3 nitrogen and oxygen atoms in total. The molecule has 0 saturated heterocycles. The lowest BCUT2D eigenvalue weighted by molar-refractivity contribution is 0.207. The van der Waals surface area contributed by atoms with Crippen LogP contribution in [0.15, 0.2) is 0 Å². The van der Waals surface area contributed by atoms with Gasteiger partial charge >= 0.3 is 0 Å². The average molecular weight is 242 g/mol. The molecule has 0 spiro atoms. The summed E-state index contributed by atoms with van der Waals surface area (Å²) in [7, 11) is 0. The van der Waals surface area contributed by atoms with Crippen LogP contribution in [0.4, 0.5) is 0 Å². The molecule has 0 unspecified atom stereocenters. The van der Waals surface area contributed by atoms with E-state index < -0.39 is 0 Å². The minimum absolute atomic E-state index is 0.218. The Morgan fingerprint density at radius 3 is 2.50 bits per heavy atom. The highest BCUT2D eigenvalue weighted by atomic mass is 35.5. The highest BCUT2D eigenvalue weighted by molar-refractivity contribution is 6.28. The van der Waals surface area contributed by atoms with Gasteiger partial charge in [-0.3, -0.25) is 0 Å². The molecule has 1 aromatic rings. The van der Waals surface area contributed by atoms with Crippen molar-refractivity contribution in [1.82, 2.24) is 14.8 Å². The summed E-state index contributed by atoms with van der Waals surface area (Å²) in [6, 6.07) is 0. The summed E-state index contributed by atoms with van der Waals surface area (Å²) < 4.78 is 2.10. The molecule has 2 rings (SSSR count). The monoisotopic (exact) mass is 241 g/mol. The van der Waals surface area contributed by atoms with E-state index in [1.165, 1.54) is 12.8 Å². The molecule has 1 aromatic heterocycles. The summed E-state index contributed by atoms with van der Waals surface area (Å²) in [6.07, 6.45) is 2.47. The molecule has 0 N–H and O–H groups in total. The molecule has 0 bridgehead atoms. The molecule has 4 heteroatoms. The molecule has 0 aliphatic heterocycles. The van der Waals surface area contributed by atoms with Crippen molar-refractivity contribution in [2.45, 2.75) is 53.0 Å². The van der Waals surface area contributed by atoms with E-state index in [-0.39, 0.29) is 5.41 Å². The third-order valence-corrected chi connectivity index (χ3v) is 4.08. The number of aromatic nitrogens is 3. The van der Waals surface area contributed by atoms with Crippen molar-refractivity contribution < 1.29 is 0 Å². The topological polar surface area (TPSA) is 30.7 Å². The van der Waals surface area contributed by atoms with Gasteiger partial charge in [0, 0.05) is 12.5 Å². The van der Waals surface area contributed by atoms with E-state index >= 15 is 0 Å². The molecule has 90 valence electrons. The Morgan fingerprint density at radius 2 is 2.00 bits per heavy atom. The van der Waals surface area contributed by atoms with Gasteiger partial charge in [-0.05, 0) is 35.8 Å². The molecule has 1 aliphatic rings. The van der Waals surface area contributed by atoms with Crippen molar-refractivity contribution in [1.29, 1.82) is 0 Å². The smallest absolute Gasteiger partial charge is 0.225 e. The third kappa shape index (κ3) is 2.24. The molecule has 0 amide bonds. The Balaban J connectivity index is 2.23. The largest absolute Gasteiger partial charge is 0.301 e. The second-order valence-electron chi connectivity index (χ2n) is 5.83. The minimum Gasteiger partial charge on any atom is -0.301 e. The Kier molecular flexibility index (Phi) is 2.99. The molecule has 16 heavy (non-hydrogen) atoms. The van der Waals surface area contributed by atoms with E-state index in [4.69, 9.17) is 11.6 Å². The molecule has 1 heterocycles. The number of halogens is 1. The van der Waals surface area contributed by atoms with E-state index in [0.717, 1.165) is 12.4 Å². The molecule has 1 saturated carbocycles. The van der Waals surface area contributed by atoms with E-state index in [1.54, 1.807) is 0 Å².